The minimum atomic E-state index is -0.205. The van der Waals surface area contributed by atoms with Crippen LogP contribution in [0.15, 0.2) is 25.3 Å². The summed E-state index contributed by atoms with van der Waals surface area (Å²) >= 11 is 0. The third-order valence-corrected chi connectivity index (χ3v) is 1.95. The van der Waals surface area contributed by atoms with E-state index in [1.165, 1.54) is 6.92 Å². The van der Waals surface area contributed by atoms with Crippen LogP contribution in [0.2, 0.25) is 0 Å². The molecule has 0 aromatic heterocycles. The number of hydrogen-bond acceptors (Lipinski definition) is 3. The van der Waals surface area contributed by atoms with Crippen molar-refractivity contribution in [3.8, 4) is 0 Å². The molecule has 0 N–H and O–H groups in total. The Bertz CT molecular complexity index is 192. The molecule has 0 heterocycles. The first-order valence-electron chi connectivity index (χ1n) is 5.28. The molecule has 0 aliphatic rings. The molecule has 0 radical (unpaired) electrons. The molecule has 0 aliphatic carbocycles. The van der Waals surface area contributed by atoms with Crippen molar-refractivity contribution in [2.45, 2.75) is 19.8 Å². The van der Waals surface area contributed by atoms with Gasteiger partial charge in [-0.25, -0.2) is 0 Å². The zero-order valence-corrected chi connectivity index (χ0v) is 9.58. The fourth-order valence-electron chi connectivity index (χ4n) is 1.28. The largest absolute Gasteiger partial charge is 0.466 e. The topological polar surface area (TPSA) is 29.5 Å². The Morgan fingerprint density at radius 2 is 1.87 bits per heavy atom. The predicted molar refractivity (Wildman–Crippen MR) is 62.7 cm³/mol. The standard InChI is InChI=1S/C12H21NO2/c1-4-8-13(9-5-2)10-6-7-11-15-12(3)14/h4-5H,1-2,6-11H2,3H3. The molecule has 0 saturated carbocycles. The molecule has 0 fully saturated rings. The first-order chi connectivity index (χ1) is 7.20. The molecule has 0 aliphatic heterocycles. The lowest BCUT2D eigenvalue weighted by molar-refractivity contribution is -0.141. The SMILES string of the molecule is C=CCN(CC=C)CCCCOC(C)=O. The maximum atomic E-state index is 10.5. The van der Waals surface area contributed by atoms with Gasteiger partial charge < -0.3 is 4.74 Å². The molecule has 0 saturated heterocycles. The fourth-order valence-corrected chi connectivity index (χ4v) is 1.28. The van der Waals surface area contributed by atoms with Crippen LogP contribution in [0, 0.1) is 0 Å². The summed E-state index contributed by atoms with van der Waals surface area (Å²) in [5.74, 6) is -0.205. The summed E-state index contributed by atoms with van der Waals surface area (Å²) in [4.78, 5) is 12.7. The van der Waals surface area contributed by atoms with E-state index in [-0.39, 0.29) is 5.97 Å². The number of esters is 1. The molecule has 0 amide bonds. The highest BCUT2D eigenvalue weighted by Gasteiger charge is 2.00. The van der Waals surface area contributed by atoms with Gasteiger partial charge in [0.2, 0.25) is 0 Å². The lowest BCUT2D eigenvalue weighted by Crippen LogP contribution is -2.25. The quantitative estimate of drug-likeness (QED) is 0.332. The fraction of sp³-hybridized carbons (Fsp3) is 0.583. The van der Waals surface area contributed by atoms with Crippen molar-refractivity contribution in [2.24, 2.45) is 0 Å². The summed E-state index contributed by atoms with van der Waals surface area (Å²) in [6.45, 7) is 12.1. The van der Waals surface area contributed by atoms with E-state index in [1.807, 2.05) is 12.2 Å². The summed E-state index contributed by atoms with van der Waals surface area (Å²) in [7, 11) is 0. The monoisotopic (exact) mass is 211 g/mol. The average molecular weight is 211 g/mol. The molecule has 0 aromatic carbocycles. The average Bonchev–Trinajstić information content (AvgIpc) is 2.17. The van der Waals surface area contributed by atoms with E-state index < -0.39 is 0 Å². The second-order valence-electron chi connectivity index (χ2n) is 3.38. The van der Waals surface area contributed by atoms with Gasteiger partial charge in [-0.2, -0.15) is 0 Å². The van der Waals surface area contributed by atoms with E-state index in [1.54, 1.807) is 0 Å². The van der Waals surface area contributed by atoms with E-state index in [2.05, 4.69) is 18.1 Å². The van der Waals surface area contributed by atoms with Crippen molar-refractivity contribution in [3.63, 3.8) is 0 Å². The van der Waals surface area contributed by atoms with Crippen molar-refractivity contribution in [1.82, 2.24) is 4.90 Å². The summed E-state index contributed by atoms with van der Waals surface area (Å²) in [6.07, 6.45) is 5.70. The third kappa shape index (κ3) is 9.22. The normalized spacial score (nSPS) is 10.0. The molecule has 86 valence electrons. The Morgan fingerprint density at radius 3 is 2.33 bits per heavy atom. The van der Waals surface area contributed by atoms with Crippen LogP contribution >= 0.6 is 0 Å². The Kier molecular flexibility index (Phi) is 8.78. The van der Waals surface area contributed by atoms with Crippen LogP contribution in [0.1, 0.15) is 19.8 Å². The zero-order valence-electron chi connectivity index (χ0n) is 9.58. The van der Waals surface area contributed by atoms with Crippen molar-refractivity contribution >= 4 is 5.97 Å². The lowest BCUT2D eigenvalue weighted by Gasteiger charge is -2.18. The van der Waals surface area contributed by atoms with Gasteiger partial charge in [-0.1, -0.05) is 12.2 Å². The Morgan fingerprint density at radius 1 is 1.27 bits per heavy atom. The van der Waals surface area contributed by atoms with Gasteiger partial charge in [0.15, 0.2) is 0 Å². The van der Waals surface area contributed by atoms with Crippen molar-refractivity contribution < 1.29 is 9.53 Å². The Hall–Kier alpha value is -1.09. The summed E-state index contributed by atoms with van der Waals surface area (Å²) in [5.41, 5.74) is 0. The van der Waals surface area contributed by atoms with Gasteiger partial charge in [0.25, 0.3) is 0 Å². The highest BCUT2D eigenvalue weighted by molar-refractivity contribution is 5.65. The summed E-state index contributed by atoms with van der Waals surface area (Å²) < 4.78 is 4.85. The maximum absolute atomic E-state index is 10.5. The van der Waals surface area contributed by atoms with Crippen molar-refractivity contribution in [3.05, 3.63) is 25.3 Å². The zero-order chi connectivity index (χ0) is 11.5. The third-order valence-electron chi connectivity index (χ3n) is 1.95. The molecule has 0 rings (SSSR count). The van der Waals surface area contributed by atoms with E-state index >= 15 is 0 Å². The minimum absolute atomic E-state index is 0.205. The van der Waals surface area contributed by atoms with Crippen LogP contribution in [0.4, 0.5) is 0 Å². The molecule has 0 aromatic rings. The number of ether oxygens (including phenoxy) is 1. The van der Waals surface area contributed by atoms with Gasteiger partial charge in [0, 0.05) is 20.0 Å². The molecule has 0 spiro atoms. The first kappa shape index (κ1) is 13.9. The number of rotatable bonds is 9. The highest BCUT2D eigenvalue weighted by atomic mass is 16.5. The molecule has 15 heavy (non-hydrogen) atoms. The highest BCUT2D eigenvalue weighted by Crippen LogP contribution is 1.97. The van der Waals surface area contributed by atoms with E-state index in [4.69, 9.17) is 4.74 Å². The smallest absolute Gasteiger partial charge is 0.302 e. The Balaban J connectivity index is 3.47. The Labute approximate surface area is 92.4 Å². The van der Waals surface area contributed by atoms with Crippen LogP contribution in [-0.2, 0) is 9.53 Å². The van der Waals surface area contributed by atoms with Crippen LogP contribution in [0.25, 0.3) is 0 Å². The predicted octanol–water partition coefficient (Wildman–Crippen LogP) is 2.00. The summed E-state index contributed by atoms with van der Waals surface area (Å²) in [6, 6.07) is 0. The number of nitrogens with zero attached hydrogens (tertiary/aromatic N) is 1. The molecule has 3 heteroatoms. The first-order valence-corrected chi connectivity index (χ1v) is 5.28. The van der Waals surface area contributed by atoms with E-state index in [0.717, 1.165) is 32.5 Å². The summed E-state index contributed by atoms with van der Waals surface area (Å²) in [5, 5.41) is 0. The van der Waals surface area contributed by atoms with Crippen molar-refractivity contribution in [2.75, 3.05) is 26.2 Å². The molecular formula is C12H21NO2. The molecule has 0 bridgehead atoms. The second kappa shape index (κ2) is 9.46. The van der Waals surface area contributed by atoms with E-state index in [9.17, 15) is 4.79 Å². The van der Waals surface area contributed by atoms with E-state index in [0.29, 0.717) is 6.61 Å². The number of carbonyl (C=O) groups excluding carboxylic acids is 1. The number of hydrogen-bond donors (Lipinski definition) is 0. The lowest BCUT2D eigenvalue weighted by atomic mass is 10.3. The van der Waals surface area contributed by atoms with Crippen LogP contribution < -0.4 is 0 Å². The van der Waals surface area contributed by atoms with Crippen LogP contribution in [0.5, 0.6) is 0 Å². The van der Waals surface area contributed by atoms with Crippen LogP contribution in [0.3, 0.4) is 0 Å². The number of unbranched alkanes of at least 4 members (excludes halogenated alkanes) is 1. The molecule has 3 nitrogen and oxygen atoms in total. The second-order valence-corrected chi connectivity index (χ2v) is 3.38. The van der Waals surface area contributed by atoms with Crippen LogP contribution in [-0.4, -0.2) is 37.1 Å². The van der Waals surface area contributed by atoms with Gasteiger partial charge in [-0.05, 0) is 19.4 Å². The minimum Gasteiger partial charge on any atom is -0.466 e. The van der Waals surface area contributed by atoms with Gasteiger partial charge in [-0.15, -0.1) is 13.2 Å². The van der Waals surface area contributed by atoms with Gasteiger partial charge in [-0.3, -0.25) is 9.69 Å². The molecule has 0 unspecified atom stereocenters. The maximum Gasteiger partial charge on any atom is 0.302 e. The van der Waals surface area contributed by atoms with Crippen molar-refractivity contribution in [1.29, 1.82) is 0 Å². The molecular weight excluding hydrogens is 190 g/mol. The number of carbonyl (C=O) groups is 1. The van der Waals surface area contributed by atoms with Gasteiger partial charge in [0.05, 0.1) is 6.61 Å². The van der Waals surface area contributed by atoms with Gasteiger partial charge in [0.1, 0.15) is 0 Å². The molecule has 0 atom stereocenters. The van der Waals surface area contributed by atoms with Gasteiger partial charge >= 0.3 is 5.97 Å².